The molecular formula is C14H24N2O3. The molecule has 0 saturated carbocycles. The molecule has 1 fully saturated rings. The summed E-state index contributed by atoms with van der Waals surface area (Å²) in [4.78, 5) is 20.2. The summed E-state index contributed by atoms with van der Waals surface area (Å²) < 4.78 is 4.55. The molecule has 108 valence electrons. The van der Waals surface area contributed by atoms with Crippen LogP contribution in [0.2, 0.25) is 0 Å². The van der Waals surface area contributed by atoms with Crippen LogP contribution in [0.4, 0.5) is 0 Å². The first-order valence-corrected chi connectivity index (χ1v) is 6.46. The van der Waals surface area contributed by atoms with Gasteiger partial charge in [-0.2, -0.15) is 5.26 Å². The molecule has 0 aliphatic carbocycles. The molecule has 1 aliphatic rings. The maximum atomic E-state index is 10.6. The van der Waals surface area contributed by atoms with Crippen molar-refractivity contribution in [2.45, 2.75) is 46.1 Å². The Morgan fingerprint density at radius 1 is 1.32 bits per heavy atom. The lowest BCUT2D eigenvalue weighted by Crippen LogP contribution is -2.39. The summed E-state index contributed by atoms with van der Waals surface area (Å²) in [5.41, 5.74) is -0.413. The van der Waals surface area contributed by atoms with E-state index >= 15 is 0 Å². The average molecular weight is 268 g/mol. The van der Waals surface area contributed by atoms with Gasteiger partial charge in [-0.25, -0.2) is 0 Å². The number of carbonyl (C=O) groups excluding carboxylic acids is 2. The highest BCUT2D eigenvalue weighted by Crippen LogP contribution is 2.34. The van der Waals surface area contributed by atoms with Crippen LogP contribution in [-0.4, -0.2) is 31.4 Å². The number of aldehydes is 1. The summed E-state index contributed by atoms with van der Waals surface area (Å²) in [7, 11) is 0. The Morgan fingerprint density at radius 3 is 2.11 bits per heavy atom. The molecule has 19 heavy (non-hydrogen) atoms. The van der Waals surface area contributed by atoms with E-state index in [9.17, 15) is 9.59 Å². The summed E-state index contributed by atoms with van der Waals surface area (Å²) in [6.07, 6.45) is 2.62. The summed E-state index contributed by atoms with van der Waals surface area (Å²) >= 11 is 0. The van der Waals surface area contributed by atoms with E-state index in [4.69, 9.17) is 5.26 Å². The third-order valence-electron chi connectivity index (χ3n) is 3.17. The third kappa shape index (κ3) is 6.92. The molecule has 5 nitrogen and oxygen atoms in total. The number of ether oxygens (including phenoxy) is 1. The Hall–Kier alpha value is -1.41. The SMILES string of the molecule is CC(C)(C)OC=O.CC1(C(C#N)C=O)CCNCC1. The quantitative estimate of drug-likeness (QED) is 0.788. The smallest absolute Gasteiger partial charge is 0.293 e. The van der Waals surface area contributed by atoms with Crippen LogP contribution in [0.25, 0.3) is 0 Å². The Labute approximate surface area is 115 Å². The van der Waals surface area contributed by atoms with Crippen molar-refractivity contribution < 1.29 is 14.3 Å². The van der Waals surface area contributed by atoms with Gasteiger partial charge in [0.1, 0.15) is 17.8 Å². The first-order valence-electron chi connectivity index (χ1n) is 6.46. The topological polar surface area (TPSA) is 79.2 Å². The van der Waals surface area contributed by atoms with Gasteiger partial charge >= 0.3 is 0 Å². The van der Waals surface area contributed by atoms with Crippen LogP contribution in [0, 0.1) is 22.7 Å². The van der Waals surface area contributed by atoms with Crippen molar-refractivity contribution >= 4 is 12.8 Å². The van der Waals surface area contributed by atoms with Gasteiger partial charge in [0.05, 0.1) is 6.07 Å². The number of rotatable bonds is 3. The highest BCUT2D eigenvalue weighted by Gasteiger charge is 2.35. The number of hydrogen-bond acceptors (Lipinski definition) is 5. The van der Waals surface area contributed by atoms with Gasteiger partial charge in [0.15, 0.2) is 0 Å². The summed E-state index contributed by atoms with van der Waals surface area (Å²) in [6.45, 7) is 9.78. The molecule has 0 amide bonds. The fraction of sp³-hybridized carbons (Fsp3) is 0.786. The monoisotopic (exact) mass is 268 g/mol. The van der Waals surface area contributed by atoms with Crippen LogP contribution in [0.5, 0.6) is 0 Å². The second-order valence-corrected chi connectivity index (χ2v) is 5.97. The number of piperidine rings is 1. The molecule has 1 saturated heterocycles. The van der Waals surface area contributed by atoms with Gasteiger partial charge in [-0.3, -0.25) is 4.79 Å². The highest BCUT2D eigenvalue weighted by atomic mass is 16.5. The minimum Gasteiger partial charge on any atom is -0.462 e. The second-order valence-electron chi connectivity index (χ2n) is 5.97. The van der Waals surface area contributed by atoms with Gasteiger partial charge in [-0.1, -0.05) is 6.92 Å². The Kier molecular flexibility index (Phi) is 7.32. The fourth-order valence-corrected chi connectivity index (χ4v) is 1.80. The molecule has 0 aromatic heterocycles. The number of nitrogens with one attached hydrogen (secondary N) is 1. The van der Waals surface area contributed by atoms with E-state index in [-0.39, 0.29) is 11.0 Å². The van der Waals surface area contributed by atoms with Gasteiger partial charge in [0.25, 0.3) is 6.47 Å². The van der Waals surface area contributed by atoms with Gasteiger partial charge in [0, 0.05) is 0 Å². The lowest BCUT2D eigenvalue weighted by Gasteiger charge is -2.35. The zero-order valence-corrected chi connectivity index (χ0v) is 12.2. The molecule has 0 bridgehead atoms. The average Bonchev–Trinajstić information content (AvgIpc) is 2.30. The zero-order chi connectivity index (χ0) is 14.9. The molecule has 0 radical (unpaired) electrons. The predicted octanol–water partition coefficient (Wildman–Crippen LogP) is 1.67. The summed E-state index contributed by atoms with van der Waals surface area (Å²) in [6, 6.07) is 2.07. The largest absolute Gasteiger partial charge is 0.462 e. The van der Waals surface area contributed by atoms with Crippen molar-refractivity contribution in [3.8, 4) is 6.07 Å². The first-order chi connectivity index (χ1) is 8.79. The number of nitrogens with zero attached hydrogens (tertiary/aromatic N) is 1. The number of hydrogen-bond donors (Lipinski definition) is 1. The van der Waals surface area contributed by atoms with Crippen LogP contribution in [0.1, 0.15) is 40.5 Å². The standard InChI is InChI=1S/C9H14N2O.C5H10O2/c1-9(8(6-10)7-12)2-4-11-5-3-9;1-5(2,3)7-4-6/h7-8,11H,2-5H2,1H3;4H,1-3H3. The van der Waals surface area contributed by atoms with Crippen LogP contribution in [-0.2, 0) is 14.3 Å². The van der Waals surface area contributed by atoms with E-state index in [0.29, 0.717) is 6.47 Å². The van der Waals surface area contributed by atoms with Crippen LogP contribution in [0.3, 0.4) is 0 Å². The fourth-order valence-electron chi connectivity index (χ4n) is 1.80. The first kappa shape index (κ1) is 17.6. The Bertz CT molecular complexity index is 323. The van der Waals surface area contributed by atoms with Crippen LogP contribution < -0.4 is 5.32 Å². The van der Waals surface area contributed by atoms with Crippen LogP contribution >= 0.6 is 0 Å². The molecule has 5 heteroatoms. The van der Waals surface area contributed by atoms with E-state index in [1.807, 2.05) is 27.7 Å². The summed E-state index contributed by atoms with van der Waals surface area (Å²) in [5, 5.41) is 12.0. The molecular weight excluding hydrogens is 244 g/mol. The van der Waals surface area contributed by atoms with E-state index in [2.05, 4.69) is 16.1 Å². The van der Waals surface area contributed by atoms with Crippen molar-refractivity contribution in [3.05, 3.63) is 0 Å². The lowest BCUT2D eigenvalue weighted by atomic mass is 9.72. The van der Waals surface area contributed by atoms with Crippen molar-refractivity contribution in [2.24, 2.45) is 11.3 Å². The molecule has 1 rings (SSSR count). The van der Waals surface area contributed by atoms with E-state index in [0.717, 1.165) is 32.2 Å². The lowest BCUT2D eigenvalue weighted by molar-refractivity contribution is -0.138. The number of nitriles is 1. The van der Waals surface area contributed by atoms with Crippen molar-refractivity contribution in [2.75, 3.05) is 13.1 Å². The maximum absolute atomic E-state index is 10.6. The van der Waals surface area contributed by atoms with Crippen LogP contribution in [0.15, 0.2) is 0 Å². The normalized spacial score (nSPS) is 19.1. The van der Waals surface area contributed by atoms with E-state index < -0.39 is 5.92 Å². The third-order valence-corrected chi connectivity index (χ3v) is 3.17. The zero-order valence-electron chi connectivity index (χ0n) is 12.2. The molecule has 0 aromatic rings. The molecule has 1 heterocycles. The van der Waals surface area contributed by atoms with Crippen molar-refractivity contribution in [1.82, 2.24) is 5.32 Å². The molecule has 1 aliphatic heterocycles. The molecule has 1 atom stereocenters. The minimum atomic E-state index is -0.431. The molecule has 1 unspecified atom stereocenters. The minimum absolute atomic E-state index is 0.0955. The maximum Gasteiger partial charge on any atom is 0.293 e. The van der Waals surface area contributed by atoms with E-state index in [1.165, 1.54) is 0 Å². The highest BCUT2D eigenvalue weighted by molar-refractivity contribution is 5.59. The second kappa shape index (κ2) is 7.90. The number of carbonyl (C=O) groups is 2. The van der Waals surface area contributed by atoms with Gasteiger partial charge in [-0.15, -0.1) is 0 Å². The summed E-state index contributed by atoms with van der Waals surface area (Å²) in [5.74, 6) is -0.431. The molecule has 0 spiro atoms. The van der Waals surface area contributed by atoms with Gasteiger partial charge < -0.3 is 14.8 Å². The van der Waals surface area contributed by atoms with Crippen molar-refractivity contribution in [3.63, 3.8) is 0 Å². The Balaban J connectivity index is 0.000000399. The Morgan fingerprint density at radius 2 is 1.84 bits per heavy atom. The van der Waals surface area contributed by atoms with Crippen molar-refractivity contribution in [1.29, 1.82) is 5.26 Å². The predicted molar refractivity (Wildman–Crippen MR) is 72.3 cm³/mol. The van der Waals surface area contributed by atoms with E-state index in [1.54, 1.807) is 0 Å². The molecule has 1 N–H and O–H groups in total. The van der Waals surface area contributed by atoms with Gasteiger partial charge in [0.2, 0.25) is 0 Å². The molecule has 0 aromatic carbocycles. The van der Waals surface area contributed by atoms with Gasteiger partial charge in [-0.05, 0) is 52.1 Å².